The van der Waals surface area contributed by atoms with Crippen molar-refractivity contribution in [1.82, 2.24) is 24.9 Å². The first-order valence-electron chi connectivity index (χ1n) is 14.2. The number of hydrogen-bond acceptors (Lipinski definition) is 6. The van der Waals surface area contributed by atoms with Crippen LogP contribution in [0.15, 0.2) is 24.3 Å². The smallest absolute Gasteiger partial charge is 0.337 e. The number of aryl methyl sites for hydroxylation is 1. The zero-order valence-corrected chi connectivity index (χ0v) is 24.2. The van der Waals surface area contributed by atoms with Gasteiger partial charge in [0.15, 0.2) is 0 Å². The van der Waals surface area contributed by atoms with Crippen molar-refractivity contribution in [2.75, 3.05) is 26.7 Å². The lowest BCUT2D eigenvalue weighted by Crippen LogP contribution is -2.73. The van der Waals surface area contributed by atoms with E-state index in [1.807, 2.05) is 28.6 Å². The number of benzene rings is 1. The van der Waals surface area contributed by atoms with Gasteiger partial charge in [-0.2, -0.15) is 5.10 Å². The fraction of sp³-hybridized carbons (Fsp3) is 0.600. The van der Waals surface area contributed by atoms with Gasteiger partial charge in [0.25, 0.3) is 0 Å². The maximum Gasteiger partial charge on any atom is 0.337 e. The van der Waals surface area contributed by atoms with Crippen LogP contribution in [0.4, 0.5) is 0 Å². The third-order valence-corrected chi connectivity index (χ3v) is 8.29. The number of hydrogen-bond donors (Lipinski definition) is 1. The second-order valence-corrected chi connectivity index (χ2v) is 11.4. The van der Waals surface area contributed by atoms with E-state index in [-0.39, 0.29) is 17.8 Å². The van der Waals surface area contributed by atoms with Crippen molar-refractivity contribution in [2.45, 2.75) is 84.8 Å². The summed E-state index contributed by atoms with van der Waals surface area (Å²) in [5, 5.41) is 7.87. The number of nitrogens with one attached hydrogen (secondary N) is 1. The summed E-state index contributed by atoms with van der Waals surface area (Å²) in [7, 11) is 1.37. The van der Waals surface area contributed by atoms with E-state index < -0.39 is 11.6 Å². The first kappa shape index (κ1) is 28.8. The molecule has 3 heterocycles. The molecule has 4 rings (SSSR count). The fourth-order valence-electron chi connectivity index (χ4n) is 5.96. The Kier molecular flexibility index (Phi) is 8.79. The number of unbranched alkanes of at least 4 members (excludes halogenated alkanes) is 1. The average molecular weight is 538 g/mol. The Morgan fingerprint density at radius 2 is 1.82 bits per heavy atom. The van der Waals surface area contributed by atoms with Crippen molar-refractivity contribution in [3.05, 3.63) is 46.8 Å². The number of piperidine rings is 1. The third-order valence-electron chi connectivity index (χ3n) is 8.29. The molecule has 1 aromatic carbocycles. The maximum absolute atomic E-state index is 13.5. The van der Waals surface area contributed by atoms with Crippen LogP contribution in [0.3, 0.4) is 0 Å². The molecule has 39 heavy (non-hydrogen) atoms. The van der Waals surface area contributed by atoms with Gasteiger partial charge in [0.1, 0.15) is 11.6 Å². The molecule has 2 aliphatic heterocycles. The lowest BCUT2D eigenvalue weighted by atomic mass is 9.80. The Balaban J connectivity index is 1.48. The van der Waals surface area contributed by atoms with Crippen LogP contribution in [0.5, 0.6) is 0 Å². The Hall–Kier alpha value is -3.20. The maximum atomic E-state index is 13.5. The minimum atomic E-state index is -0.758. The Morgan fingerprint density at radius 3 is 2.41 bits per heavy atom. The topological polar surface area (TPSA) is 96.8 Å². The molecule has 2 amide bonds. The molecule has 0 radical (unpaired) electrons. The molecule has 2 aliphatic rings. The molecular formula is C30H43N5O4. The van der Waals surface area contributed by atoms with Gasteiger partial charge in [-0.3, -0.25) is 14.5 Å². The van der Waals surface area contributed by atoms with Gasteiger partial charge in [0.05, 0.1) is 24.1 Å². The molecule has 0 aliphatic carbocycles. The molecular weight excluding hydrogens is 494 g/mol. The van der Waals surface area contributed by atoms with Gasteiger partial charge in [-0.05, 0) is 69.7 Å². The van der Waals surface area contributed by atoms with Gasteiger partial charge >= 0.3 is 5.97 Å². The van der Waals surface area contributed by atoms with Crippen molar-refractivity contribution in [3.8, 4) is 5.69 Å². The fourth-order valence-corrected chi connectivity index (χ4v) is 5.96. The van der Waals surface area contributed by atoms with E-state index in [9.17, 15) is 14.4 Å². The number of nitrogens with zero attached hydrogens (tertiary/aromatic N) is 4. The molecule has 0 saturated carbocycles. The number of piperazine rings is 1. The zero-order valence-electron chi connectivity index (χ0n) is 24.2. The van der Waals surface area contributed by atoms with E-state index in [0.717, 1.165) is 55.1 Å². The van der Waals surface area contributed by atoms with Crippen molar-refractivity contribution in [2.24, 2.45) is 5.92 Å². The first-order chi connectivity index (χ1) is 18.6. The van der Waals surface area contributed by atoms with Crippen LogP contribution in [-0.4, -0.2) is 75.7 Å². The minimum Gasteiger partial charge on any atom is -0.465 e. The summed E-state index contributed by atoms with van der Waals surface area (Å²) in [6.45, 7) is 13.2. The number of methoxy groups -OCH3 is 1. The Morgan fingerprint density at radius 1 is 1.15 bits per heavy atom. The molecule has 2 aromatic rings. The summed E-state index contributed by atoms with van der Waals surface area (Å²) >= 11 is 0. The van der Waals surface area contributed by atoms with E-state index >= 15 is 0 Å². The van der Waals surface area contributed by atoms with Gasteiger partial charge < -0.3 is 15.0 Å². The molecule has 1 aromatic heterocycles. The molecule has 0 unspecified atom stereocenters. The quantitative estimate of drug-likeness (QED) is 0.489. The normalized spacial score (nSPS) is 19.6. The van der Waals surface area contributed by atoms with Gasteiger partial charge in [-0.25, -0.2) is 9.48 Å². The highest BCUT2D eigenvalue weighted by molar-refractivity contribution is 6.00. The average Bonchev–Trinajstić information content (AvgIpc) is 3.20. The lowest BCUT2D eigenvalue weighted by molar-refractivity contribution is -0.161. The Labute approximate surface area is 231 Å². The van der Waals surface area contributed by atoms with Crippen LogP contribution in [0, 0.1) is 19.8 Å². The number of amides is 2. The van der Waals surface area contributed by atoms with Gasteiger partial charge in [-0.15, -0.1) is 0 Å². The molecule has 1 atom stereocenters. The van der Waals surface area contributed by atoms with Crippen molar-refractivity contribution >= 4 is 17.8 Å². The van der Waals surface area contributed by atoms with Crippen LogP contribution in [0.1, 0.15) is 80.2 Å². The predicted molar refractivity (Wildman–Crippen MR) is 150 cm³/mol. The summed E-state index contributed by atoms with van der Waals surface area (Å²) in [5.74, 6) is 0.0624. The van der Waals surface area contributed by atoms with Crippen molar-refractivity contribution in [3.63, 3.8) is 0 Å². The molecule has 1 spiro atoms. The molecule has 2 saturated heterocycles. The van der Waals surface area contributed by atoms with E-state index in [1.165, 1.54) is 7.11 Å². The van der Waals surface area contributed by atoms with Crippen molar-refractivity contribution in [1.29, 1.82) is 0 Å². The molecule has 9 heteroatoms. The van der Waals surface area contributed by atoms with Gasteiger partial charge in [-0.1, -0.05) is 27.2 Å². The minimum absolute atomic E-state index is 0.0130. The highest BCUT2D eigenvalue weighted by Gasteiger charge is 2.53. The van der Waals surface area contributed by atoms with E-state index in [1.54, 1.807) is 12.1 Å². The SMILES string of the molecule is CCCCN1C(=O)[C@H](CC(C)C)NC(=O)C12CCN(Cc1c(C)nn(-c3ccc(C(=O)OC)cc3)c1C)CC2. The van der Waals surface area contributed by atoms with E-state index in [4.69, 9.17) is 9.84 Å². The van der Waals surface area contributed by atoms with Crippen LogP contribution >= 0.6 is 0 Å². The highest BCUT2D eigenvalue weighted by Crippen LogP contribution is 2.35. The monoisotopic (exact) mass is 537 g/mol. The van der Waals surface area contributed by atoms with Gasteiger partial charge in [0, 0.05) is 37.4 Å². The highest BCUT2D eigenvalue weighted by atomic mass is 16.5. The number of carbonyl (C=O) groups excluding carboxylic acids is 3. The van der Waals surface area contributed by atoms with E-state index in [0.29, 0.717) is 37.3 Å². The van der Waals surface area contributed by atoms with Crippen LogP contribution in [0.2, 0.25) is 0 Å². The number of esters is 1. The molecule has 212 valence electrons. The van der Waals surface area contributed by atoms with Crippen molar-refractivity contribution < 1.29 is 19.1 Å². The second-order valence-electron chi connectivity index (χ2n) is 11.4. The standard InChI is InChI=1S/C30H43N5O4/c1-7-8-15-34-27(36)26(18-20(2)3)31-29(38)30(34)13-16-33(17-14-30)19-25-21(4)32-35(22(25)5)24-11-9-23(10-12-24)28(37)39-6/h9-12,20,26H,7-8,13-19H2,1-6H3,(H,31,38)/t26-/m0/s1. The molecule has 1 N–H and O–H groups in total. The van der Waals surface area contributed by atoms with E-state index in [2.05, 4.69) is 37.9 Å². The number of aromatic nitrogens is 2. The van der Waals surface area contributed by atoms with Gasteiger partial charge in [0.2, 0.25) is 11.8 Å². The molecule has 0 bridgehead atoms. The molecule has 9 nitrogen and oxygen atoms in total. The third kappa shape index (κ3) is 5.73. The summed E-state index contributed by atoms with van der Waals surface area (Å²) < 4.78 is 6.71. The molecule has 2 fully saturated rings. The Bertz CT molecular complexity index is 1190. The summed E-state index contributed by atoms with van der Waals surface area (Å²) in [4.78, 5) is 43.1. The lowest BCUT2D eigenvalue weighted by Gasteiger charge is -2.52. The second kappa shape index (κ2) is 11.9. The van der Waals surface area contributed by atoms with Crippen LogP contribution in [-0.2, 0) is 20.9 Å². The predicted octanol–water partition coefficient (Wildman–Crippen LogP) is 3.78. The number of carbonyl (C=O) groups is 3. The number of rotatable bonds is 9. The van der Waals surface area contributed by atoms with Crippen LogP contribution in [0.25, 0.3) is 5.69 Å². The number of likely N-dealkylation sites (tertiary alicyclic amines) is 1. The van der Waals surface area contributed by atoms with Crippen LogP contribution < -0.4 is 5.32 Å². The summed E-state index contributed by atoms with van der Waals surface area (Å²) in [5.41, 5.74) is 3.78. The zero-order chi connectivity index (χ0) is 28.3. The summed E-state index contributed by atoms with van der Waals surface area (Å²) in [6.07, 6.45) is 3.81. The first-order valence-corrected chi connectivity index (χ1v) is 14.2. The summed E-state index contributed by atoms with van der Waals surface area (Å²) in [6, 6.07) is 6.81. The largest absolute Gasteiger partial charge is 0.465 e. The number of ether oxygens (including phenoxy) is 1.